The molecule has 1 aliphatic heterocycles. The van der Waals surface area contributed by atoms with Gasteiger partial charge in [-0.05, 0) is 18.6 Å². The van der Waals surface area contributed by atoms with Crippen molar-refractivity contribution >= 4 is 26.8 Å². The molecule has 1 aliphatic rings. The number of aromatic nitrogens is 2. The van der Waals surface area contributed by atoms with Crippen LogP contribution in [0, 0.1) is 0 Å². The number of benzene rings is 1. The molecule has 0 aliphatic carbocycles. The standard InChI is InChI=1S/C15H16F3N3O3S/c1-20(10-6-7-25(23,24)9-10)13(22)8-21-12-5-3-2-4-11(12)19-14(21)15(16,17)18/h2-5,10H,6-9H2,1H3/t10-/m1/s1. The van der Waals surface area contributed by atoms with Gasteiger partial charge in [0, 0.05) is 13.1 Å². The summed E-state index contributed by atoms with van der Waals surface area (Å²) >= 11 is 0. The van der Waals surface area contributed by atoms with E-state index in [1.165, 1.54) is 24.1 Å². The number of amides is 1. The van der Waals surface area contributed by atoms with E-state index in [9.17, 15) is 26.4 Å². The average Bonchev–Trinajstić information content (AvgIpc) is 3.07. The number of rotatable bonds is 3. The number of fused-ring (bicyclic) bond motifs is 1. The van der Waals surface area contributed by atoms with Gasteiger partial charge in [0.25, 0.3) is 0 Å². The van der Waals surface area contributed by atoms with Crippen molar-refractivity contribution in [1.29, 1.82) is 0 Å². The lowest BCUT2D eigenvalue weighted by Crippen LogP contribution is -2.40. The van der Waals surface area contributed by atoms with Gasteiger partial charge in [0.2, 0.25) is 11.7 Å². The van der Waals surface area contributed by atoms with Crippen molar-refractivity contribution in [2.75, 3.05) is 18.6 Å². The predicted molar refractivity (Wildman–Crippen MR) is 84.6 cm³/mol. The van der Waals surface area contributed by atoms with Crippen LogP contribution in [0.5, 0.6) is 0 Å². The molecule has 2 aromatic rings. The summed E-state index contributed by atoms with van der Waals surface area (Å²) in [5.41, 5.74) is 0.351. The third-order valence-corrected chi connectivity index (χ3v) is 6.10. The van der Waals surface area contributed by atoms with E-state index in [4.69, 9.17) is 0 Å². The molecular formula is C15H16F3N3O3S. The Balaban J connectivity index is 1.91. The van der Waals surface area contributed by atoms with E-state index in [-0.39, 0.29) is 22.5 Å². The van der Waals surface area contributed by atoms with Gasteiger partial charge in [-0.3, -0.25) is 4.79 Å². The summed E-state index contributed by atoms with van der Waals surface area (Å²) in [6.07, 6.45) is -4.41. The maximum absolute atomic E-state index is 13.3. The van der Waals surface area contributed by atoms with Crippen LogP contribution in [-0.2, 0) is 27.4 Å². The number of nitrogens with zero attached hydrogens (tertiary/aromatic N) is 3. The number of carbonyl (C=O) groups excluding carboxylic acids is 1. The second-order valence-corrected chi connectivity index (χ2v) is 8.30. The molecule has 0 radical (unpaired) electrons. The minimum absolute atomic E-state index is 0.0168. The fourth-order valence-corrected chi connectivity index (χ4v) is 4.76. The first kappa shape index (κ1) is 17.7. The lowest BCUT2D eigenvalue weighted by molar-refractivity contribution is -0.148. The molecule has 0 N–H and O–H groups in total. The molecule has 0 spiro atoms. The van der Waals surface area contributed by atoms with Crippen molar-refractivity contribution in [3.63, 3.8) is 0 Å². The molecule has 2 heterocycles. The first-order chi connectivity index (χ1) is 11.6. The van der Waals surface area contributed by atoms with Crippen LogP contribution >= 0.6 is 0 Å². The van der Waals surface area contributed by atoms with E-state index in [1.807, 2.05) is 0 Å². The minimum atomic E-state index is -4.70. The maximum atomic E-state index is 13.3. The lowest BCUT2D eigenvalue weighted by atomic mass is 10.2. The Labute approximate surface area is 142 Å². The summed E-state index contributed by atoms with van der Waals surface area (Å²) in [6.45, 7) is -0.553. The molecule has 1 aromatic heterocycles. The van der Waals surface area contributed by atoms with E-state index >= 15 is 0 Å². The van der Waals surface area contributed by atoms with Gasteiger partial charge >= 0.3 is 6.18 Å². The summed E-state index contributed by atoms with van der Waals surface area (Å²) < 4.78 is 63.7. The second-order valence-electron chi connectivity index (χ2n) is 6.07. The first-order valence-electron chi connectivity index (χ1n) is 7.57. The number of imidazole rings is 1. The fraction of sp³-hybridized carbons (Fsp3) is 0.467. The lowest BCUT2D eigenvalue weighted by Gasteiger charge is -2.24. The van der Waals surface area contributed by atoms with Crippen molar-refractivity contribution in [3.05, 3.63) is 30.1 Å². The zero-order chi connectivity index (χ0) is 18.4. The highest BCUT2D eigenvalue weighted by Crippen LogP contribution is 2.31. The Morgan fingerprint density at radius 2 is 2.04 bits per heavy atom. The quantitative estimate of drug-likeness (QED) is 0.819. The first-order valence-corrected chi connectivity index (χ1v) is 9.39. The molecule has 1 atom stereocenters. The molecule has 1 fully saturated rings. The van der Waals surface area contributed by atoms with Gasteiger partial charge < -0.3 is 9.47 Å². The van der Waals surface area contributed by atoms with E-state index < -0.39 is 40.3 Å². The van der Waals surface area contributed by atoms with Gasteiger partial charge in [-0.1, -0.05) is 12.1 Å². The second kappa shape index (κ2) is 6.01. The van der Waals surface area contributed by atoms with E-state index in [2.05, 4.69) is 4.98 Å². The van der Waals surface area contributed by atoms with E-state index in [1.54, 1.807) is 12.1 Å². The Morgan fingerprint density at radius 1 is 1.36 bits per heavy atom. The number of halogens is 3. The Bertz CT molecular complexity index is 921. The molecule has 1 saturated heterocycles. The summed E-state index contributed by atoms with van der Waals surface area (Å²) in [6, 6.07) is 5.53. The average molecular weight is 375 g/mol. The predicted octanol–water partition coefficient (Wildman–Crippen LogP) is 1.70. The molecule has 6 nitrogen and oxygen atoms in total. The Morgan fingerprint density at radius 3 is 2.64 bits per heavy atom. The molecule has 1 amide bonds. The minimum Gasteiger partial charge on any atom is -0.340 e. The molecule has 0 bridgehead atoms. The molecule has 1 aromatic carbocycles. The third kappa shape index (κ3) is 3.48. The van der Waals surface area contributed by atoms with Gasteiger partial charge in [-0.2, -0.15) is 13.2 Å². The zero-order valence-electron chi connectivity index (χ0n) is 13.3. The van der Waals surface area contributed by atoms with Gasteiger partial charge in [-0.15, -0.1) is 0 Å². The highest BCUT2D eigenvalue weighted by Gasteiger charge is 2.39. The summed E-state index contributed by atoms with van der Waals surface area (Å²) in [5.74, 6) is -1.91. The fourth-order valence-electron chi connectivity index (χ4n) is 2.98. The molecule has 0 unspecified atom stereocenters. The van der Waals surface area contributed by atoms with Crippen LogP contribution in [0.25, 0.3) is 11.0 Å². The van der Waals surface area contributed by atoms with Gasteiger partial charge in [0.15, 0.2) is 9.84 Å². The monoisotopic (exact) mass is 375 g/mol. The SMILES string of the molecule is CN(C(=O)Cn1c(C(F)(F)F)nc2ccccc21)[C@@H]1CCS(=O)(=O)C1. The smallest absolute Gasteiger partial charge is 0.340 e. The molecule has 3 rings (SSSR count). The van der Waals surface area contributed by atoms with Crippen molar-refractivity contribution in [1.82, 2.24) is 14.5 Å². The van der Waals surface area contributed by atoms with Crippen LogP contribution in [0.15, 0.2) is 24.3 Å². The number of alkyl halides is 3. The number of para-hydroxylation sites is 2. The van der Waals surface area contributed by atoms with Crippen molar-refractivity contribution < 1.29 is 26.4 Å². The number of likely N-dealkylation sites (N-methyl/N-ethyl adjacent to an activating group) is 1. The maximum Gasteiger partial charge on any atom is 0.449 e. The summed E-state index contributed by atoms with van der Waals surface area (Å²) in [5, 5.41) is 0. The molecule has 10 heteroatoms. The number of hydrogen-bond donors (Lipinski definition) is 0. The Hall–Kier alpha value is -2.10. The molecular weight excluding hydrogens is 359 g/mol. The molecule has 25 heavy (non-hydrogen) atoms. The van der Waals surface area contributed by atoms with Crippen molar-refractivity contribution in [2.45, 2.75) is 25.2 Å². The molecule has 0 saturated carbocycles. The van der Waals surface area contributed by atoms with Gasteiger partial charge in [0.05, 0.1) is 22.5 Å². The normalized spacial score (nSPS) is 20.1. The zero-order valence-corrected chi connectivity index (χ0v) is 14.1. The van der Waals surface area contributed by atoms with Crippen LogP contribution in [0.3, 0.4) is 0 Å². The third-order valence-electron chi connectivity index (χ3n) is 4.35. The van der Waals surface area contributed by atoms with Crippen LogP contribution in [0.1, 0.15) is 12.2 Å². The number of hydrogen-bond acceptors (Lipinski definition) is 4. The van der Waals surface area contributed by atoms with E-state index in [0.717, 1.165) is 4.57 Å². The number of carbonyl (C=O) groups is 1. The highest BCUT2D eigenvalue weighted by atomic mass is 32.2. The summed E-state index contributed by atoms with van der Waals surface area (Å²) in [7, 11) is -1.78. The van der Waals surface area contributed by atoms with Crippen molar-refractivity contribution in [3.8, 4) is 0 Å². The molecule has 136 valence electrons. The van der Waals surface area contributed by atoms with Crippen LogP contribution < -0.4 is 0 Å². The van der Waals surface area contributed by atoms with Crippen LogP contribution in [0.4, 0.5) is 13.2 Å². The largest absolute Gasteiger partial charge is 0.449 e. The highest BCUT2D eigenvalue weighted by molar-refractivity contribution is 7.91. The van der Waals surface area contributed by atoms with E-state index in [0.29, 0.717) is 6.42 Å². The van der Waals surface area contributed by atoms with Crippen molar-refractivity contribution in [2.24, 2.45) is 0 Å². The summed E-state index contributed by atoms with van der Waals surface area (Å²) in [4.78, 5) is 17.3. The van der Waals surface area contributed by atoms with Gasteiger partial charge in [-0.25, -0.2) is 13.4 Å². The topological polar surface area (TPSA) is 72.3 Å². The van der Waals surface area contributed by atoms with Crippen LogP contribution in [0.2, 0.25) is 0 Å². The van der Waals surface area contributed by atoms with Gasteiger partial charge in [0.1, 0.15) is 6.54 Å². The Kier molecular flexibility index (Phi) is 4.26. The number of sulfone groups is 1. The van der Waals surface area contributed by atoms with Crippen LogP contribution in [-0.4, -0.2) is 53.4 Å².